The van der Waals surface area contributed by atoms with Crippen molar-refractivity contribution < 1.29 is 52.5 Å². The molecule has 0 saturated heterocycles. The van der Waals surface area contributed by atoms with Crippen LogP contribution in [0.2, 0.25) is 0 Å². The minimum Gasteiger partial charge on any atom is -0.443 e. The van der Waals surface area contributed by atoms with Crippen molar-refractivity contribution in [3.05, 3.63) is 105 Å². The second-order valence-corrected chi connectivity index (χ2v) is 11.6. The normalized spacial score (nSPS) is 14.2. The van der Waals surface area contributed by atoms with E-state index in [4.69, 9.17) is 9.47 Å². The summed E-state index contributed by atoms with van der Waals surface area (Å²) in [5, 5.41) is 0. The molecule has 0 aromatic heterocycles. The monoisotopic (exact) mass is 637 g/mol. The Balaban J connectivity index is 1.35. The number of imide groups is 1. The maximum Gasteiger partial charge on any atom is 0.422 e. The molecule has 0 N–H and O–H groups in total. The molecular weight excluding hydrogens is 610 g/mol. The summed E-state index contributed by atoms with van der Waals surface area (Å²) in [6.45, 7) is 7.92. The fraction of sp³-hybridized carbons (Fsp3) is 0.171. The molecule has 0 bridgehead atoms. The van der Waals surface area contributed by atoms with Gasteiger partial charge in [-0.05, 0) is 106 Å². The molecule has 0 aliphatic carbocycles. The lowest BCUT2D eigenvalue weighted by Gasteiger charge is -2.26. The third kappa shape index (κ3) is 6.91. The van der Waals surface area contributed by atoms with Crippen molar-refractivity contribution in [2.75, 3.05) is 4.90 Å². The summed E-state index contributed by atoms with van der Waals surface area (Å²) >= 11 is 0. The predicted octanol–water partition coefficient (Wildman–Crippen LogP) is 5.69. The number of rotatable bonds is 6. The van der Waals surface area contributed by atoms with Crippen LogP contribution in [-0.4, -0.2) is 47.4 Å². The van der Waals surface area contributed by atoms with Crippen LogP contribution in [0.25, 0.3) is 12.2 Å². The molecule has 0 atom stereocenters. The van der Waals surface area contributed by atoms with Crippen LogP contribution in [0.4, 0.5) is 10.5 Å². The number of hydrogen-bond acceptors (Lipinski definition) is 11. The average molecular weight is 638 g/mol. The van der Waals surface area contributed by atoms with Gasteiger partial charge in [-0.1, -0.05) is 12.1 Å². The highest BCUT2D eigenvalue weighted by Gasteiger charge is 2.32. The summed E-state index contributed by atoms with van der Waals surface area (Å²) in [7, 11) is 0. The Morgan fingerprint density at radius 1 is 0.660 bits per heavy atom. The third-order valence-corrected chi connectivity index (χ3v) is 6.85. The van der Waals surface area contributed by atoms with E-state index >= 15 is 0 Å². The fourth-order valence-electron chi connectivity index (χ4n) is 4.65. The minimum atomic E-state index is -0.957. The Morgan fingerprint density at radius 3 is 1.62 bits per heavy atom. The maximum absolute atomic E-state index is 13.6. The zero-order chi connectivity index (χ0) is 34.2. The highest BCUT2D eigenvalue weighted by Crippen LogP contribution is 2.27. The smallest absolute Gasteiger partial charge is 0.422 e. The lowest BCUT2D eigenvalue weighted by Crippen LogP contribution is -2.41. The molecule has 0 radical (unpaired) electrons. The molecule has 47 heavy (non-hydrogen) atoms. The van der Waals surface area contributed by atoms with Crippen LogP contribution in [-0.2, 0) is 23.8 Å². The van der Waals surface area contributed by atoms with Gasteiger partial charge in [0.25, 0.3) is 5.91 Å². The SMILES string of the molecule is C/C(=C\c1ccc2c(c1)C(=O)OC2=O)C(=O)Oc1ccc(N(C(=O)OC(C)(C)C)C(=O)/C(C)=C/c2ccc3c(c2)C(=O)OC3=O)cc1. The number of benzene rings is 3. The summed E-state index contributed by atoms with van der Waals surface area (Å²) in [5.74, 6) is -4.38. The van der Waals surface area contributed by atoms with Crippen LogP contribution in [0.1, 0.15) is 87.2 Å². The van der Waals surface area contributed by atoms with Crippen molar-refractivity contribution in [1.82, 2.24) is 0 Å². The molecule has 0 fully saturated rings. The van der Waals surface area contributed by atoms with E-state index in [1.165, 1.54) is 80.6 Å². The van der Waals surface area contributed by atoms with Gasteiger partial charge in [-0.3, -0.25) is 4.79 Å². The fourth-order valence-corrected chi connectivity index (χ4v) is 4.65. The minimum absolute atomic E-state index is 0.0664. The van der Waals surface area contributed by atoms with Crippen molar-refractivity contribution >= 4 is 59.7 Å². The van der Waals surface area contributed by atoms with Gasteiger partial charge in [0, 0.05) is 11.1 Å². The van der Waals surface area contributed by atoms with Crippen molar-refractivity contribution in [3.8, 4) is 5.75 Å². The lowest BCUT2D eigenvalue weighted by atomic mass is 10.0. The van der Waals surface area contributed by atoms with E-state index in [1.807, 2.05) is 0 Å². The van der Waals surface area contributed by atoms with Gasteiger partial charge in [-0.25, -0.2) is 33.7 Å². The van der Waals surface area contributed by atoms with Gasteiger partial charge in [0.15, 0.2) is 0 Å². The molecule has 0 saturated carbocycles. The first-order chi connectivity index (χ1) is 22.1. The van der Waals surface area contributed by atoms with E-state index in [2.05, 4.69) is 9.47 Å². The van der Waals surface area contributed by atoms with Crippen LogP contribution < -0.4 is 9.64 Å². The van der Waals surface area contributed by atoms with Gasteiger partial charge in [-0.15, -0.1) is 0 Å². The first-order valence-electron chi connectivity index (χ1n) is 14.2. The van der Waals surface area contributed by atoms with Crippen molar-refractivity contribution in [3.63, 3.8) is 0 Å². The number of ether oxygens (including phenoxy) is 4. The topological polar surface area (TPSA) is 160 Å². The molecule has 12 heteroatoms. The summed E-state index contributed by atoms with van der Waals surface area (Å²) < 4.78 is 20.1. The molecule has 238 valence electrons. The standard InChI is InChI=1S/C35H27NO11/c1-18(14-20-6-12-24-26(16-20)32(41)45-30(24)39)28(37)36(34(43)47-35(3,4)5)22-8-10-23(11-9-22)44-29(38)19(2)15-21-7-13-25-27(17-21)33(42)46-31(25)40/h6-17H,1-5H3/b18-14+,19-15+. The van der Waals surface area contributed by atoms with Gasteiger partial charge < -0.3 is 18.9 Å². The van der Waals surface area contributed by atoms with Crippen LogP contribution in [0, 0.1) is 0 Å². The van der Waals surface area contributed by atoms with Crippen molar-refractivity contribution in [2.45, 2.75) is 40.2 Å². The summed E-state index contributed by atoms with van der Waals surface area (Å²) in [5.41, 5.74) is 0.791. The van der Waals surface area contributed by atoms with E-state index in [0.29, 0.717) is 11.1 Å². The van der Waals surface area contributed by atoms with E-state index in [0.717, 1.165) is 4.90 Å². The molecule has 2 aliphatic rings. The second-order valence-electron chi connectivity index (χ2n) is 11.6. The largest absolute Gasteiger partial charge is 0.443 e. The summed E-state index contributed by atoms with van der Waals surface area (Å²) in [6.07, 6.45) is 1.97. The van der Waals surface area contributed by atoms with Crippen molar-refractivity contribution in [2.24, 2.45) is 0 Å². The molecule has 2 aliphatic heterocycles. The number of amides is 2. The Bertz CT molecular complexity index is 1960. The number of anilines is 1. The lowest BCUT2D eigenvalue weighted by molar-refractivity contribution is -0.130. The zero-order valence-corrected chi connectivity index (χ0v) is 25.9. The Labute approximate surface area is 268 Å². The number of carbonyl (C=O) groups excluding carboxylic acids is 7. The first kappa shape index (κ1) is 32.2. The number of fused-ring (bicyclic) bond motifs is 2. The maximum atomic E-state index is 13.6. The molecule has 3 aromatic carbocycles. The molecule has 0 unspecified atom stereocenters. The van der Waals surface area contributed by atoms with E-state index < -0.39 is 47.4 Å². The van der Waals surface area contributed by atoms with Crippen molar-refractivity contribution in [1.29, 1.82) is 0 Å². The molecule has 12 nitrogen and oxygen atoms in total. The summed E-state index contributed by atoms with van der Waals surface area (Å²) in [6, 6.07) is 14.4. The highest BCUT2D eigenvalue weighted by atomic mass is 16.6. The Kier molecular flexibility index (Phi) is 8.45. The number of cyclic esters (lactones) is 4. The van der Waals surface area contributed by atoms with Crippen LogP contribution in [0.3, 0.4) is 0 Å². The molecule has 5 rings (SSSR count). The second kappa shape index (κ2) is 12.3. The molecule has 2 amide bonds. The highest BCUT2D eigenvalue weighted by molar-refractivity contribution is 6.20. The molecule has 0 spiro atoms. The number of esters is 5. The van der Waals surface area contributed by atoms with Crippen LogP contribution >= 0.6 is 0 Å². The third-order valence-electron chi connectivity index (χ3n) is 6.85. The van der Waals surface area contributed by atoms with Gasteiger partial charge in [0.2, 0.25) is 0 Å². The summed E-state index contributed by atoms with van der Waals surface area (Å²) in [4.78, 5) is 87.8. The predicted molar refractivity (Wildman–Crippen MR) is 165 cm³/mol. The van der Waals surface area contributed by atoms with E-state index in [9.17, 15) is 33.6 Å². The molecule has 3 aromatic rings. The quantitative estimate of drug-likeness (QED) is 0.107. The Hall–Kier alpha value is -6.17. The van der Waals surface area contributed by atoms with Crippen LogP contribution in [0.5, 0.6) is 5.75 Å². The molecule has 2 heterocycles. The van der Waals surface area contributed by atoms with Gasteiger partial charge in [0.05, 0.1) is 27.9 Å². The van der Waals surface area contributed by atoms with E-state index in [-0.39, 0.29) is 44.8 Å². The first-order valence-corrected chi connectivity index (χ1v) is 14.2. The van der Waals surface area contributed by atoms with Gasteiger partial charge in [0.1, 0.15) is 11.4 Å². The number of hydrogen-bond donors (Lipinski definition) is 0. The number of nitrogens with zero attached hydrogens (tertiary/aromatic N) is 1. The zero-order valence-electron chi connectivity index (χ0n) is 25.9. The molecular formula is C35H27NO11. The van der Waals surface area contributed by atoms with Gasteiger partial charge in [-0.2, -0.15) is 0 Å². The number of carbonyl (C=O) groups is 7. The van der Waals surface area contributed by atoms with Gasteiger partial charge >= 0.3 is 35.9 Å². The van der Waals surface area contributed by atoms with E-state index in [1.54, 1.807) is 26.8 Å². The average Bonchev–Trinajstić information content (AvgIpc) is 3.45. The Morgan fingerprint density at radius 2 is 1.13 bits per heavy atom. The van der Waals surface area contributed by atoms with Crippen LogP contribution in [0.15, 0.2) is 71.8 Å².